The van der Waals surface area contributed by atoms with Crippen LogP contribution >= 0.6 is 11.6 Å². The van der Waals surface area contributed by atoms with Crippen LogP contribution in [0.2, 0.25) is 5.02 Å². The van der Waals surface area contributed by atoms with Crippen molar-refractivity contribution >= 4 is 11.6 Å². The van der Waals surface area contributed by atoms with Gasteiger partial charge in [0.15, 0.2) is 0 Å². The first kappa shape index (κ1) is 11.9. The summed E-state index contributed by atoms with van der Waals surface area (Å²) in [5.74, 6) is 1.39. The maximum absolute atomic E-state index is 6.27. The molecule has 1 heterocycles. The van der Waals surface area contributed by atoms with Crippen LogP contribution in [0.25, 0.3) is 0 Å². The van der Waals surface area contributed by atoms with E-state index in [0.29, 0.717) is 10.9 Å². The van der Waals surface area contributed by atoms with Crippen molar-refractivity contribution in [2.75, 3.05) is 0 Å². The van der Waals surface area contributed by atoms with Gasteiger partial charge in [0.1, 0.15) is 0 Å². The van der Waals surface area contributed by atoms with E-state index < -0.39 is 0 Å². The molecule has 0 aliphatic heterocycles. The molecule has 2 nitrogen and oxygen atoms in total. The van der Waals surface area contributed by atoms with Gasteiger partial charge in [0.25, 0.3) is 0 Å². The minimum absolute atomic E-state index is 0.00111. The molecule has 0 bridgehead atoms. The number of nitrogens with two attached hydrogens (primary N) is 1. The average Bonchev–Trinajstić information content (AvgIpc) is 2.30. The van der Waals surface area contributed by atoms with E-state index in [1.54, 1.807) is 6.20 Å². The first-order valence-corrected chi connectivity index (χ1v) is 6.42. The smallest absolute Gasteiger partial charge is 0.0759 e. The highest BCUT2D eigenvalue weighted by molar-refractivity contribution is 6.31. The highest BCUT2D eigenvalue weighted by Gasteiger charge is 2.26. The van der Waals surface area contributed by atoms with E-state index in [0.717, 1.165) is 11.6 Å². The van der Waals surface area contributed by atoms with Gasteiger partial charge in [-0.1, -0.05) is 31.4 Å². The number of pyridine rings is 1. The van der Waals surface area contributed by atoms with Crippen LogP contribution in [-0.4, -0.2) is 4.98 Å². The van der Waals surface area contributed by atoms with Crippen molar-refractivity contribution < 1.29 is 0 Å². The molecule has 1 unspecified atom stereocenters. The van der Waals surface area contributed by atoms with Gasteiger partial charge in [-0.2, -0.15) is 0 Å². The Morgan fingerprint density at radius 1 is 1.38 bits per heavy atom. The predicted molar refractivity (Wildman–Crippen MR) is 67.3 cm³/mol. The molecule has 2 rings (SSSR count). The van der Waals surface area contributed by atoms with Crippen LogP contribution in [0, 0.1) is 11.8 Å². The molecule has 1 aliphatic carbocycles. The second-order valence-electron chi connectivity index (χ2n) is 4.92. The molecule has 16 heavy (non-hydrogen) atoms. The third-order valence-electron chi connectivity index (χ3n) is 3.67. The molecule has 1 aromatic heterocycles. The first-order chi connectivity index (χ1) is 7.68. The van der Waals surface area contributed by atoms with Gasteiger partial charge in [-0.05, 0) is 36.8 Å². The lowest BCUT2D eigenvalue weighted by molar-refractivity contribution is 0.254. The SMILES string of the molecule is CC1CCC(C(N)c2ncccc2Cl)CC1. The maximum Gasteiger partial charge on any atom is 0.0759 e. The van der Waals surface area contributed by atoms with Crippen LogP contribution < -0.4 is 5.73 Å². The summed E-state index contributed by atoms with van der Waals surface area (Å²) in [6.45, 7) is 2.31. The molecular weight excluding hydrogens is 220 g/mol. The normalized spacial score (nSPS) is 27.7. The van der Waals surface area contributed by atoms with Crippen LogP contribution in [0.15, 0.2) is 18.3 Å². The van der Waals surface area contributed by atoms with Crippen molar-refractivity contribution in [3.63, 3.8) is 0 Å². The lowest BCUT2D eigenvalue weighted by Gasteiger charge is -2.30. The molecule has 1 aromatic rings. The van der Waals surface area contributed by atoms with E-state index in [2.05, 4.69) is 11.9 Å². The van der Waals surface area contributed by atoms with Gasteiger partial charge >= 0.3 is 0 Å². The summed E-state index contributed by atoms with van der Waals surface area (Å²) < 4.78 is 0. The van der Waals surface area contributed by atoms with Gasteiger partial charge in [0, 0.05) is 6.20 Å². The van der Waals surface area contributed by atoms with Gasteiger partial charge in [-0.3, -0.25) is 4.98 Å². The lowest BCUT2D eigenvalue weighted by Crippen LogP contribution is -2.26. The van der Waals surface area contributed by atoms with Crippen LogP contribution in [0.5, 0.6) is 0 Å². The standard InChI is InChI=1S/C13H19ClN2/c1-9-4-6-10(7-5-9)12(15)13-11(14)3-2-8-16-13/h2-3,8-10,12H,4-7,15H2,1H3. The first-order valence-electron chi connectivity index (χ1n) is 6.04. The fourth-order valence-electron chi connectivity index (χ4n) is 2.51. The maximum atomic E-state index is 6.27. The molecule has 0 spiro atoms. The Balaban J connectivity index is 2.07. The van der Waals surface area contributed by atoms with Gasteiger partial charge < -0.3 is 5.73 Å². The fraction of sp³-hybridized carbons (Fsp3) is 0.615. The molecule has 2 N–H and O–H groups in total. The number of hydrogen-bond donors (Lipinski definition) is 1. The number of halogens is 1. The Morgan fingerprint density at radius 3 is 2.69 bits per heavy atom. The van der Waals surface area contributed by atoms with Gasteiger partial charge in [-0.25, -0.2) is 0 Å². The Morgan fingerprint density at radius 2 is 2.06 bits per heavy atom. The van der Waals surface area contributed by atoms with Crippen LogP contribution in [-0.2, 0) is 0 Å². The van der Waals surface area contributed by atoms with E-state index in [1.807, 2.05) is 12.1 Å². The summed E-state index contributed by atoms with van der Waals surface area (Å²) in [7, 11) is 0. The quantitative estimate of drug-likeness (QED) is 0.856. The Kier molecular flexibility index (Phi) is 3.82. The van der Waals surface area contributed by atoms with Crippen molar-refractivity contribution in [3.05, 3.63) is 29.0 Å². The number of aromatic nitrogens is 1. The van der Waals surface area contributed by atoms with E-state index in [1.165, 1.54) is 25.7 Å². The largest absolute Gasteiger partial charge is 0.322 e. The van der Waals surface area contributed by atoms with Crippen LogP contribution in [0.3, 0.4) is 0 Å². The molecule has 3 heteroatoms. The Bertz CT molecular complexity index is 346. The molecule has 1 atom stereocenters. The third-order valence-corrected chi connectivity index (χ3v) is 3.99. The summed E-state index contributed by atoms with van der Waals surface area (Å²) in [4.78, 5) is 4.32. The molecule has 1 fully saturated rings. The zero-order chi connectivity index (χ0) is 11.5. The topological polar surface area (TPSA) is 38.9 Å². The molecule has 0 aromatic carbocycles. The van der Waals surface area contributed by atoms with Crippen molar-refractivity contribution in [1.29, 1.82) is 0 Å². The number of nitrogens with zero attached hydrogens (tertiary/aromatic N) is 1. The zero-order valence-electron chi connectivity index (χ0n) is 9.70. The molecular formula is C13H19ClN2. The summed E-state index contributed by atoms with van der Waals surface area (Å²) in [6, 6.07) is 3.72. The average molecular weight is 239 g/mol. The lowest BCUT2D eigenvalue weighted by atomic mass is 9.78. The minimum Gasteiger partial charge on any atom is -0.322 e. The fourth-order valence-corrected chi connectivity index (χ4v) is 2.76. The molecule has 0 saturated heterocycles. The van der Waals surface area contributed by atoms with Crippen molar-refractivity contribution in [3.8, 4) is 0 Å². The van der Waals surface area contributed by atoms with E-state index in [9.17, 15) is 0 Å². The van der Waals surface area contributed by atoms with E-state index >= 15 is 0 Å². The van der Waals surface area contributed by atoms with Gasteiger partial charge in [0.2, 0.25) is 0 Å². The predicted octanol–water partition coefficient (Wildman–Crippen LogP) is 3.56. The summed E-state index contributed by atoms with van der Waals surface area (Å²) >= 11 is 6.12. The van der Waals surface area contributed by atoms with E-state index in [-0.39, 0.29) is 6.04 Å². The zero-order valence-corrected chi connectivity index (χ0v) is 10.5. The minimum atomic E-state index is 0.00111. The van der Waals surface area contributed by atoms with Crippen LogP contribution in [0.1, 0.15) is 44.3 Å². The van der Waals surface area contributed by atoms with Gasteiger partial charge in [0.05, 0.1) is 16.8 Å². The third kappa shape index (κ3) is 2.55. The summed E-state index contributed by atoms with van der Waals surface area (Å²) in [5, 5.41) is 0.702. The highest BCUT2D eigenvalue weighted by Crippen LogP contribution is 2.36. The number of rotatable bonds is 2. The number of hydrogen-bond acceptors (Lipinski definition) is 2. The molecule has 1 saturated carbocycles. The molecule has 0 radical (unpaired) electrons. The van der Waals surface area contributed by atoms with Crippen molar-refractivity contribution in [1.82, 2.24) is 4.98 Å². The highest BCUT2D eigenvalue weighted by atomic mass is 35.5. The van der Waals surface area contributed by atoms with Gasteiger partial charge in [-0.15, -0.1) is 0 Å². The van der Waals surface area contributed by atoms with E-state index in [4.69, 9.17) is 17.3 Å². The second-order valence-corrected chi connectivity index (χ2v) is 5.32. The Labute approximate surface area is 102 Å². The van der Waals surface area contributed by atoms with Crippen molar-refractivity contribution in [2.45, 2.75) is 38.6 Å². The Hall–Kier alpha value is -0.600. The summed E-state index contributed by atoms with van der Waals surface area (Å²) in [6.07, 6.45) is 6.74. The monoisotopic (exact) mass is 238 g/mol. The molecule has 88 valence electrons. The summed E-state index contributed by atoms with van der Waals surface area (Å²) in [5.41, 5.74) is 7.13. The van der Waals surface area contributed by atoms with Crippen molar-refractivity contribution in [2.24, 2.45) is 17.6 Å². The van der Waals surface area contributed by atoms with Crippen LogP contribution in [0.4, 0.5) is 0 Å². The second kappa shape index (κ2) is 5.15. The molecule has 1 aliphatic rings. The molecule has 0 amide bonds.